The molecule has 4 heteroatoms. The van der Waals surface area contributed by atoms with Gasteiger partial charge in [0.1, 0.15) is 5.82 Å². The summed E-state index contributed by atoms with van der Waals surface area (Å²) in [7, 11) is 0. The van der Waals surface area contributed by atoms with E-state index in [1.165, 1.54) is 25.3 Å². The van der Waals surface area contributed by atoms with Crippen molar-refractivity contribution in [2.45, 2.75) is 51.1 Å². The summed E-state index contributed by atoms with van der Waals surface area (Å²) in [6.45, 7) is 6.64. The highest BCUT2D eigenvalue weighted by Gasteiger charge is 2.33. The molecular formula is C16H24ClFN2. The van der Waals surface area contributed by atoms with Gasteiger partial charge in [-0.05, 0) is 63.9 Å². The van der Waals surface area contributed by atoms with Gasteiger partial charge in [-0.3, -0.25) is 4.90 Å². The molecule has 2 rings (SSSR count). The van der Waals surface area contributed by atoms with E-state index >= 15 is 0 Å². The lowest BCUT2D eigenvalue weighted by Gasteiger charge is -2.44. The summed E-state index contributed by atoms with van der Waals surface area (Å²) >= 11 is 5.83. The van der Waals surface area contributed by atoms with Crippen molar-refractivity contribution in [3.05, 3.63) is 34.6 Å². The van der Waals surface area contributed by atoms with Gasteiger partial charge in [-0.1, -0.05) is 24.1 Å². The maximum atomic E-state index is 13.2. The zero-order valence-electron chi connectivity index (χ0n) is 12.3. The molecule has 0 bridgehead atoms. The molecule has 20 heavy (non-hydrogen) atoms. The first-order chi connectivity index (χ1) is 9.41. The molecule has 0 aromatic heterocycles. The topological polar surface area (TPSA) is 29.3 Å². The molecular weight excluding hydrogens is 275 g/mol. The average Bonchev–Trinajstić information content (AvgIpc) is 2.44. The van der Waals surface area contributed by atoms with E-state index < -0.39 is 0 Å². The Kier molecular flexibility index (Phi) is 5.05. The lowest BCUT2D eigenvalue weighted by Crippen LogP contribution is -2.58. The molecule has 0 amide bonds. The van der Waals surface area contributed by atoms with Gasteiger partial charge in [0.15, 0.2) is 0 Å². The van der Waals surface area contributed by atoms with Gasteiger partial charge in [0.25, 0.3) is 0 Å². The number of nitrogens with two attached hydrogens (primary N) is 1. The number of hydrogen-bond acceptors (Lipinski definition) is 2. The lowest BCUT2D eigenvalue weighted by atomic mass is 9.87. The third kappa shape index (κ3) is 3.51. The molecule has 2 N–H and O–H groups in total. The van der Waals surface area contributed by atoms with Crippen LogP contribution in [0, 0.1) is 5.82 Å². The third-order valence-corrected chi connectivity index (χ3v) is 4.81. The van der Waals surface area contributed by atoms with Crippen molar-refractivity contribution < 1.29 is 4.39 Å². The number of nitrogens with zero attached hydrogens (tertiary/aromatic N) is 1. The standard InChI is InChI=1S/C16H24ClFN2/c1-16(2,20-8-4-3-5-9-20)15(19)11-12-6-7-14(18)13(17)10-12/h6-7,10,15H,3-5,8-9,11,19H2,1-2H3. The van der Waals surface area contributed by atoms with Crippen LogP contribution >= 0.6 is 11.6 Å². The Morgan fingerprint density at radius 1 is 1.30 bits per heavy atom. The van der Waals surface area contributed by atoms with Crippen LogP contribution < -0.4 is 5.73 Å². The van der Waals surface area contributed by atoms with E-state index in [1.807, 2.05) is 0 Å². The number of likely N-dealkylation sites (tertiary alicyclic amines) is 1. The Labute approximate surface area is 126 Å². The molecule has 2 nitrogen and oxygen atoms in total. The van der Waals surface area contributed by atoms with Gasteiger partial charge in [0.2, 0.25) is 0 Å². The van der Waals surface area contributed by atoms with Crippen molar-refractivity contribution in [2.24, 2.45) is 5.73 Å². The molecule has 1 aromatic carbocycles. The first-order valence-electron chi connectivity index (χ1n) is 7.36. The van der Waals surface area contributed by atoms with Gasteiger partial charge in [-0.2, -0.15) is 0 Å². The zero-order chi connectivity index (χ0) is 14.8. The third-order valence-electron chi connectivity index (χ3n) is 4.52. The van der Waals surface area contributed by atoms with Crippen molar-refractivity contribution in [3.63, 3.8) is 0 Å². The molecule has 1 saturated heterocycles. The summed E-state index contributed by atoms with van der Waals surface area (Å²) in [4.78, 5) is 2.48. The normalized spacial score (nSPS) is 19.1. The number of rotatable bonds is 4. The Morgan fingerprint density at radius 2 is 1.95 bits per heavy atom. The van der Waals surface area contributed by atoms with Crippen LogP contribution in [-0.4, -0.2) is 29.6 Å². The summed E-state index contributed by atoms with van der Waals surface area (Å²) < 4.78 is 13.2. The molecule has 1 atom stereocenters. The van der Waals surface area contributed by atoms with Crippen LogP contribution in [0.5, 0.6) is 0 Å². The summed E-state index contributed by atoms with van der Waals surface area (Å²) in [5.41, 5.74) is 7.36. The van der Waals surface area contributed by atoms with Gasteiger partial charge in [0, 0.05) is 11.6 Å². The van der Waals surface area contributed by atoms with E-state index in [0.717, 1.165) is 18.7 Å². The monoisotopic (exact) mass is 298 g/mol. The van der Waals surface area contributed by atoms with Gasteiger partial charge in [0.05, 0.1) is 5.02 Å². The fourth-order valence-electron chi connectivity index (χ4n) is 2.88. The van der Waals surface area contributed by atoms with E-state index in [9.17, 15) is 4.39 Å². The Bertz CT molecular complexity index is 456. The highest BCUT2D eigenvalue weighted by Crippen LogP contribution is 2.25. The minimum absolute atomic E-state index is 0.00197. The highest BCUT2D eigenvalue weighted by atomic mass is 35.5. The predicted molar refractivity (Wildman–Crippen MR) is 82.6 cm³/mol. The molecule has 112 valence electrons. The summed E-state index contributed by atoms with van der Waals surface area (Å²) in [6, 6.07) is 4.87. The van der Waals surface area contributed by atoms with E-state index in [2.05, 4.69) is 18.7 Å². The summed E-state index contributed by atoms with van der Waals surface area (Å²) in [5.74, 6) is -0.376. The van der Waals surface area contributed by atoms with E-state index in [-0.39, 0.29) is 22.4 Å². The smallest absolute Gasteiger partial charge is 0.141 e. The first-order valence-corrected chi connectivity index (χ1v) is 7.73. The molecule has 0 radical (unpaired) electrons. The minimum atomic E-state index is -0.376. The number of halogens is 2. The van der Waals surface area contributed by atoms with Gasteiger partial charge in [-0.25, -0.2) is 4.39 Å². The Hall–Kier alpha value is -0.640. The summed E-state index contributed by atoms with van der Waals surface area (Å²) in [5, 5.41) is 0.172. The fraction of sp³-hybridized carbons (Fsp3) is 0.625. The second-order valence-electron chi connectivity index (χ2n) is 6.26. The van der Waals surface area contributed by atoms with Crippen molar-refractivity contribution in [1.29, 1.82) is 0 Å². The Morgan fingerprint density at radius 3 is 2.55 bits per heavy atom. The maximum absolute atomic E-state index is 13.2. The average molecular weight is 299 g/mol. The fourth-order valence-corrected chi connectivity index (χ4v) is 3.08. The summed E-state index contributed by atoms with van der Waals surface area (Å²) in [6.07, 6.45) is 4.52. The van der Waals surface area contributed by atoms with Crippen LogP contribution in [0.2, 0.25) is 5.02 Å². The molecule has 1 aliphatic heterocycles. The van der Waals surface area contributed by atoms with Crippen molar-refractivity contribution in [2.75, 3.05) is 13.1 Å². The second-order valence-corrected chi connectivity index (χ2v) is 6.67. The van der Waals surface area contributed by atoms with Crippen LogP contribution in [0.3, 0.4) is 0 Å². The van der Waals surface area contributed by atoms with Crippen LogP contribution in [0.25, 0.3) is 0 Å². The van der Waals surface area contributed by atoms with Gasteiger partial charge < -0.3 is 5.73 Å². The SMILES string of the molecule is CC(C)(C(N)Cc1ccc(F)c(Cl)c1)N1CCCCC1. The molecule has 0 spiro atoms. The molecule has 1 unspecified atom stereocenters. The molecule has 1 aliphatic rings. The highest BCUT2D eigenvalue weighted by molar-refractivity contribution is 6.30. The van der Waals surface area contributed by atoms with Gasteiger partial charge in [-0.15, -0.1) is 0 Å². The maximum Gasteiger partial charge on any atom is 0.141 e. The molecule has 0 aliphatic carbocycles. The molecule has 1 heterocycles. The lowest BCUT2D eigenvalue weighted by molar-refractivity contribution is 0.0731. The van der Waals surface area contributed by atoms with E-state index in [0.29, 0.717) is 6.42 Å². The quantitative estimate of drug-likeness (QED) is 0.920. The van der Waals surface area contributed by atoms with Crippen LogP contribution in [0.15, 0.2) is 18.2 Å². The Balaban J connectivity index is 2.05. The number of piperidine rings is 1. The molecule has 0 saturated carbocycles. The largest absolute Gasteiger partial charge is 0.326 e. The van der Waals surface area contributed by atoms with Crippen molar-refractivity contribution in [3.8, 4) is 0 Å². The minimum Gasteiger partial charge on any atom is -0.326 e. The van der Waals surface area contributed by atoms with Crippen LogP contribution in [0.4, 0.5) is 4.39 Å². The molecule has 1 fully saturated rings. The zero-order valence-corrected chi connectivity index (χ0v) is 13.1. The number of benzene rings is 1. The van der Waals surface area contributed by atoms with Crippen molar-refractivity contribution in [1.82, 2.24) is 4.90 Å². The second kappa shape index (κ2) is 6.42. The van der Waals surface area contributed by atoms with E-state index in [1.54, 1.807) is 12.1 Å². The van der Waals surface area contributed by atoms with E-state index in [4.69, 9.17) is 17.3 Å². The first kappa shape index (κ1) is 15.7. The van der Waals surface area contributed by atoms with Crippen LogP contribution in [-0.2, 0) is 6.42 Å². The predicted octanol–water partition coefficient (Wildman–Crippen LogP) is 3.61. The van der Waals surface area contributed by atoms with Crippen molar-refractivity contribution >= 4 is 11.6 Å². The van der Waals surface area contributed by atoms with Crippen LogP contribution in [0.1, 0.15) is 38.7 Å². The van der Waals surface area contributed by atoms with Gasteiger partial charge >= 0.3 is 0 Å². The molecule has 1 aromatic rings. The number of hydrogen-bond donors (Lipinski definition) is 1.